The normalized spacial score (nSPS) is 17.8. The Labute approximate surface area is 149 Å². The van der Waals surface area contributed by atoms with E-state index in [1.54, 1.807) is 5.06 Å². The number of ether oxygens (including phenoxy) is 1. The van der Waals surface area contributed by atoms with E-state index in [9.17, 15) is 9.59 Å². The molecule has 0 bridgehead atoms. The lowest BCUT2D eigenvalue weighted by Crippen LogP contribution is -2.46. The molecule has 0 spiro atoms. The Morgan fingerprint density at radius 3 is 2.36 bits per heavy atom. The van der Waals surface area contributed by atoms with Gasteiger partial charge in [0, 0.05) is 13.1 Å². The maximum atomic E-state index is 12.2. The third kappa shape index (κ3) is 5.83. The second-order valence-corrected chi connectivity index (χ2v) is 7.51. The zero-order valence-electron chi connectivity index (χ0n) is 15.2. The minimum Gasteiger partial charge on any atom is -0.460 e. The fourth-order valence-corrected chi connectivity index (χ4v) is 2.60. The van der Waals surface area contributed by atoms with Crippen molar-refractivity contribution in [3.8, 4) is 0 Å². The third-order valence-corrected chi connectivity index (χ3v) is 4.33. The molecule has 0 saturated carbocycles. The van der Waals surface area contributed by atoms with Gasteiger partial charge >= 0.3 is 11.9 Å². The molecule has 6 nitrogen and oxygen atoms in total. The first-order chi connectivity index (χ1) is 11.8. The Morgan fingerprint density at radius 1 is 1.20 bits per heavy atom. The number of hydrogen-bond donors (Lipinski definition) is 1. The van der Waals surface area contributed by atoms with Gasteiger partial charge in [-0.2, -0.15) is 0 Å². The van der Waals surface area contributed by atoms with Crippen LogP contribution in [0.25, 0.3) is 0 Å². The van der Waals surface area contributed by atoms with E-state index < -0.39 is 11.5 Å². The molecule has 1 fully saturated rings. The Bertz CT molecular complexity index is 575. The fraction of sp³-hybridized carbons (Fsp3) is 0.579. The van der Waals surface area contributed by atoms with Gasteiger partial charge in [0.05, 0.1) is 5.41 Å². The van der Waals surface area contributed by atoms with Gasteiger partial charge in [0.2, 0.25) is 0 Å². The molecule has 0 amide bonds. The summed E-state index contributed by atoms with van der Waals surface area (Å²) in [5.74, 6) is -0.598. The van der Waals surface area contributed by atoms with Gasteiger partial charge in [-0.05, 0) is 45.1 Å². The van der Waals surface area contributed by atoms with Crippen molar-refractivity contribution in [2.45, 2.75) is 46.3 Å². The minimum absolute atomic E-state index is 0.0351. The van der Waals surface area contributed by atoms with Gasteiger partial charge in [-0.1, -0.05) is 30.3 Å². The lowest BCUT2D eigenvalue weighted by atomic mass is 9.90. The molecule has 1 saturated heterocycles. The summed E-state index contributed by atoms with van der Waals surface area (Å²) in [5.41, 5.74) is 6.48. The first-order valence-electron chi connectivity index (χ1n) is 8.71. The van der Waals surface area contributed by atoms with E-state index in [4.69, 9.17) is 15.3 Å². The molecule has 138 valence electrons. The van der Waals surface area contributed by atoms with Crippen molar-refractivity contribution in [1.29, 1.82) is 0 Å². The number of rotatable bonds is 5. The molecule has 2 N–H and O–H groups in total. The van der Waals surface area contributed by atoms with E-state index in [1.807, 2.05) is 51.1 Å². The molecule has 2 rings (SSSR count). The number of piperidine rings is 1. The zero-order valence-corrected chi connectivity index (χ0v) is 15.2. The summed E-state index contributed by atoms with van der Waals surface area (Å²) < 4.78 is 5.32. The number of esters is 1. The molecule has 1 unspecified atom stereocenters. The highest BCUT2D eigenvalue weighted by Crippen LogP contribution is 2.23. The maximum Gasteiger partial charge on any atom is 0.330 e. The SMILES string of the molecule is CC(C)(C)C(=O)ON1CCC(C(N)C(=O)OCc2ccccc2)CC1. The number of hydrogen-bond acceptors (Lipinski definition) is 6. The second kappa shape index (κ2) is 8.45. The minimum atomic E-state index is -0.649. The first-order valence-corrected chi connectivity index (χ1v) is 8.71. The van der Waals surface area contributed by atoms with Gasteiger partial charge < -0.3 is 15.3 Å². The van der Waals surface area contributed by atoms with Crippen molar-refractivity contribution < 1.29 is 19.2 Å². The molecule has 1 heterocycles. The summed E-state index contributed by atoms with van der Waals surface area (Å²) in [5, 5.41) is 1.66. The number of hydroxylamine groups is 2. The first kappa shape index (κ1) is 19.4. The predicted molar refractivity (Wildman–Crippen MR) is 94.1 cm³/mol. The quantitative estimate of drug-likeness (QED) is 0.822. The number of benzene rings is 1. The highest BCUT2D eigenvalue weighted by Gasteiger charge is 2.32. The van der Waals surface area contributed by atoms with Crippen LogP contribution in [0, 0.1) is 11.3 Å². The van der Waals surface area contributed by atoms with Crippen LogP contribution in [0.15, 0.2) is 30.3 Å². The Balaban J connectivity index is 1.75. The van der Waals surface area contributed by atoms with Crippen LogP contribution < -0.4 is 5.73 Å². The lowest BCUT2D eigenvalue weighted by Gasteiger charge is -2.33. The molecule has 1 aliphatic heterocycles. The van der Waals surface area contributed by atoms with Crippen LogP contribution in [0.3, 0.4) is 0 Å². The maximum absolute atomic E-state index is 12.2. The van der Waals surface area contributed by atoms with Crippen LogP contribution in [-0.4, -0.2) is 36.1 Å². The number of carbonyl (C=O) groups is 2. The van der Waals surface area contributed by atoms with E-state index in [1.165, 1.54) is 0 Å². The van der Waals surface area contributed by atoms with Crippen LogP contribution in [0.1, 0.15) is 39.2 Å². The van der Waals surface area contributed by atoms with Crippen molar-refractivity contribution in [2.75, 3.05) is 13.1 Å². The third-order valence-electron chi connectivity index (χ3n) is 4.33. The van der Waals surface area contributed by atoms with Gasteiger partial charge in [0.25, 0.3) is 0 Å². The van der Waals surface area contributed by atoms with Crippen LogP contribution in [-0.2, 0) is 25.8 Å². The van der Waals surface area contributed by atoms with Gasteiger partial charge in [0.1, 0.15) is 12.6 Å². The van der Waals surface area contributed by atoms with Crippen LogP contribution in [0.2, 0.25) is 0 Å². The predicted octanol–water partition coefficient (Wildman–Crippen LogP) is 2.27. The average molecular weight is 348 g/mol. The smallest absolute Gasteiger partial charge is 0.330 e. The molecule has 1 aliphatic rings. The van der Waals surface area contributed by atoms with Gasteiger partial charge in [-0.25, -0.2) is 4.79 Å². The molecular formula is C19H28N2O4. The molecule has 6 heteroatoms. The van der Waals surface area contributed by atoms with Gasteiger partial charge in [-0.3, -0.25) is 4.79 Å². The van der Waals surface area contributed by atoms with E-state index in [0.717, 1.165) is 5.56 Å². The lowest BCUT2D eigenvalue weighted by molar-refractivity contribution is -0.206. The van der Waals surface area contributed by atoms with E-state index in [-0.39, 0.29) is 24.5 Å². The molecular weight excluding hydrogens is 320 g/mol. The molecule has 1 atom stereocenters. The van der Waals surface area contributed by atoms with Crippen LogP contribution in [0.4, 0.5) is 0 Å². The van der Waals surface area contributed by atoms with E-state index in [2.05, 4.69) is 0 Å². The van der Waals surface area contributed by atoms with Gasteiger partial charge in [0.15, 0.2) is 0 Å². The zero-order chi connectivity index (χ0) is 18.4. The number of carbonyl (C=O) groups excluding carboxylic acids is 2. The summed E-state index contributed by atoms with van der Waals surface area (Å²) >= 11 is 0. The molecule has 0 aliphatic carbocycles. The highest BCUT2D eigenvalue weighted by molar-refractivity contribution is 5.76. The van der Waals surface area contributed by atoms with Crippen molar-refractivity contribution in [1.82, 2.24) is 5.06 Å². The molecule has 0 radical (unpaired) electrons. The largest absolute Gasteiger partial charge is 0.460 e. The van der Waals surface area contributed by atoms with E-state index in [0.29, 0.717) is 25.9 Å². The number of nitrogens with two attached hydrogens (primary N) is 1. The Morgan fingerprint density at radius 2 is 1.80 bits per heavy atom. The number of nitrogens with zero attached hydrogens (tertiary/aromatic N) is 1. The van der Waals surface area contributed by atoms with Crippen molar-refractivity contribution in [2.24, 2.45) is 17.1 Å². The Hall–Kier alpha value is -1.92. The second-order valence-electron chi connectivity index (χ2n) is 7.51. The molecule has 0 aromatic heterocycles. The van der Waals surface area contributed by atoms with Crippen molar-refractivity contribution >= 4 is 11.9 Å². The summed E-state index contributed by atoms with van der Waals surface area (Å²) in [6.07, 6.45) is 1.39. The van der Waals surface area contributed by atoms with Crippen LogP contribution >= 0.6 is 0 Å². The van der Waals surface area contributed by atoms with Crippen LogP contribution in [0.5, 0.6) is 0 Å². The monoisotopic (exact) mass is 348 g/mol. The summed E-state index contributed by atoms with van der Waals surface area (Å²) in [6.45, 7) is 6.84. The summed E-state index contributed by atoms with van der Waals surface area (Å²) in [6, 6.07) is 8.87. The average Bonchev–Trinajstić information content (AvgIpc) is 2.59. The van der Waals surface area contributed by atoms with Crippen molar-refractivity contribution in [3.05, 3.63) is 35.9 Å². The van der Waals surface area contributed by atoms with Gasteiger partial charge in [-0.15, -0.1) is 5.06 Å². The summed E-state index contributed by atoms with van der Waals surface area (Å²) in [7, 11) is 0. The molecule has 1 aromatic rings. The standard InChI is InChI=1S/C19H28N2O4/c1-19(2,3)18(23)25-21-11-9-15(10-12-21)16(20)17(22)24-13-14-7-5-4-6-8-14/h4-8,15-16H,9-13,20H2,1-3H3. The molecule has 25 heavy (non-hydrogen) atoms. The molecule has 1 aromatic carbocycles. The fourth-order valence-electron chi connectivity index (χ4n) is 2.60. The Kier molecular flexibility index (Phi) is 6.56. The highest BCUT2D eigenvalue weighted by atomic mass is 16.7. The topological polar surface area (TPSA) is 81.9 Å². The van der Waals surface area contributed by atoms with Crippen molar-refractivity contribution in [3.63, 3.8) is 0 Å². The van der Waals surface area contributed by atoms with E-state index >= 15 is 0 Å². The summed E-state index contributed by atoms with van der Waals surface area (Å²) in [4.78, 5) is 29.5.